The van der Waals surface area contributed by atoms with Crippen LogP contribution in [0.5, 0.6) is 0 Å². The van der Waals surface area contributed by atoms with Crippen molar-refractivity contribution < 1.29 is 58.5 Å². The Bertz CT molecular complexity index is 27.0. The van der Waals surface area contributed by atoms with E-state index in [9.17, 15) is 0 Å². The van der Waals surface area contributed by atoms with Crippen molar-refractivity contribution in [1.82, 2.24) is 0 Å². The third-order valence-electron chi connectivity index (χ3n) is 0. The van der Waals surface area contributed by atoms with Crippen LogP contribution in [0.1, 0.15) is 0 Å². The van der Waals surface area contributed by atoms with Crippen molar-refractivity contribution in [2.24, 2.45) is 0 Å². The Morgan fingerprint density at radius 3 is 1.25 bits per heavy atom. The molecule has 0 N–H and O–H groups in total. The van der Waals surface area contributed by atoms with Crippen LogP contribution >= 0.6 is 0 Å². The fraction of sp³-hybridized carbons (Fsp3) is 0. The van der Waals surface area contributed by atoms with Crippen molar-refractivity contribution in [1.29, 1.82) is 0 Å². The van der Waals surface area contributed by atoms with Gasteiger partial charge in [0.15, 0.2) is 0 Å². The molecule has 24 valence electrons. The van der Waals surface area contributed by atoms with E-state index < -0.39 is 0 Å². The minimum atomic E-state index is 0. The van der Waals surface area contributed by atoms with E-state index in [0.29, 0.717) is 0 Å². The van der Waals surface area contributed by atoms with Crippen molar-refractivity contribution in [3.63, 3.8) is 0 Å². The van der Waals surface area contributed by atoms with Crippen LogP contribution in [0, 0.1) is 48.9 Å². The summed E-state index contributed by atoms with van der Waals surface area (Å²) in [5, 5.41) is 0. The van der Waals surface area contributed by atoms with Gasteiger partial charge >= 0.3 is 6.15 Å². The van der Waals surface area contributed by atoms with Gasteiger partial charge in [-0.1, -0.05) is 0 Å². The van der Waals surface area contributed by atoms with Crippen molar-refractivity contribution in [2.45, 2.75) is 0 Å². The zero-order valence-electron chi connectivity index (χ0n) is 1.67. The molecule has 0 rings (SSSR count). The molecule has 2 nitrogen and oxygen atoms in total. The van der Waals surface area contributed by atoms with Crippen LogP contribution in [0.2, 0.25) is 0 Å². The Morgan fingerprint density at radius 1 is 1.25 bits per heavy atom. The Labute approximate surface area is 63.6 Å². The fourth-order valence-electron chi connectivity index (χ4n) is 0. The van der Waals surface area contributed by atoms with Gasteiger partial charge in [0.2, 0.25) is 0 Å². The van der Waals surface area contributed by atoms with Gasteiger partial charge in [-0.25, -0.2) is 0 Å². The molecule has 0 aliphatic rings. The Morgan fingerprint density at radius 2 is 1.25 bits per heavy atom. The third kappa shape index (κ3) is 12.4. The molecule has 0 radical (unpaired) electrons. The SMILES string of the molecule is O=C=O.[Xe]. The molecule has 0 aromatic rings. The molecule has 0 spiro atoms. The van der Waals surface area contributed by atoms with E-state index in [1.807, 2.05) is 0 Å². The van der Waals surface area contributed by atoms with E-state index in [2.05, 4.69) is 0 Å². The summed E-state index contributed by atoms with van der Waals surface area (Å²) in [6.45, 7) is 0. The minimum Gasteiger partial charge on any atom is -0.186 e. The van der Waals surface area contributed by atoms with Crippen LogP contribution in [-0.2, 0) is 9.59 Å². The molecule has 0 atom stereocenters. The summed E-state index contributed by atoms with van der Waals surface area (Å²) in [6, 6.07) is 0. The second-order valence-corrected chi connectivity index (χ2v) is 0.0833. The summed E-state index contributed by atoms with van der Waals surface area (Å²) in [4.78, 5) is 16.2. The maximum absolute atomic E-state index is 8.12. The first-order valence-electron chi connectivity index (χ1n) is 0.408. The molecular formula is CO2Xe. The second-order valence-electron chi connectivity index (χ2n) is 0.0833. The topological polar surface area (TPSA) is 34.1 Å². The average Bonchev–Trinajstić information content (AvgIpc) is 0.918. The molecule has 0 aromatic heterocycles. The molecule has 4 heavy (non-hydrogen) atoms. The smallest absolute Gasteiger partial charge is 0.186 e. The summed E-state index contributed by atoms with van der Waals surface area (Å²) in [7, 11) is 0. The van der Waals surface area contributed by atoms with E-state index in [1.54, 1.807) is 0 Å². The van der Waals surface area contributed by atoms with Crippen molar-refractivity contribution in [2.75, 3.05) is 0 Å². The molecule has 0 bridgehead atoms. The van der Waals surface area contributed by atoms with Gasteiger partial charge in [0.05, 0.1) is 0 Å². The van der Waals surface area contributed by atoms with Crippen molar-refractivity contribution >= 4 is 6.15 Å². The minimum absolute atomic E-state index is 0. The number of hydrogen-bond donors (Lipinski definition) is 0. The summed E-state index contributed by atoms with van der Waals surface area (Å²) in [5.41, 5.74) is 0. The van der Waals surface area contributed by atoms with E-state index in [1.165, 1.54) is 0 Å². The quantitative estimate of drug-likeness (QED) is 0.493. The largest absolute Gasteiger partial charge is 0.373 e. The number of hydrogen-bond acceptors (Lipinski definition) is 2. The van der Waals surface area contributed by atoms with Crippen LogP contribution in [0.4, 0.5) is 0 Å². The maximum atomic E-state index is 8.12. The molecule has 0 aliphatic heterocycles. The standard InChI is InChI=1S/CO2.Xe/c2-1-3;. The van der Waals surface area contributed by atoms with Gasteiger partial charge < -0.3 is 0 Å². The molecule has 0 unspecified atom stereocenters. The van der Waals surface area contributed by atoms with E-state index in [0.717, 1.165) is 0 Å². The predicted molar refractivity (Wildman–Crippen MR) is 5.01 cm³/mol. The zero-order valence-corrected chi connectivity index (χ0v) is 3.69. The summed E-state index contributed by atoms with van der Waals surface area (Å²) < 4.78 is 0. The Balaban J connectivity index is 0. The molecular weight excluding hydrogens is 175 g/mol. The van der Waals surface area contributed by atoms with Crippen molar-refractivity contribution in [3.8, 4) is 0 Å². The summed E-state index contributed by atoms with van der Waals surface area (Å²) in [5.74, 6) is 0. The first-order chi connectivity index (χ1) is 1.41. The van der Waals surface area contributed by atoms with Gasteiger partial charge in [-0.3, -0.25) is 0 Å². The molecule has 0 heterocycles. The van der Waals surface area contributed by atoms with Crippen LogP contribution < -0.4 is 0 Å². The molecule has 0 saturated carbocycles. The number of carbonyl (C=O) groups excluding carboxylic acids is 2. The molecule has 0 aliphatic carbocycles. The molecule has 0 fully saturated rings. The first-order valence-corrected chi connectivity index (χ1v) is 0.408. The van der Waals surface area contributed by atoms with E-state index >= 15 is 0 Å². The molecule has 0 aromatic carbocycles. The molecule has 0 amide bonds. The molecule has 0 saturated heterocycles. The third-order valence-corrected chi connectivity index (χ3v) is 0. The number of rotatable bonds is 0. The summed E-state index contributed by atoms with van der Waals surface area (Å²) >= 11 is 0. The van der Waals surface area contributed by atoms with Gasteiger partial charge in [-0.2, -0.15) is 9.59 Å². The van der Waals surface area contributed by atoms with Crippen molar-refractivity contribution in [3.05, 3.63) is 0 Å². The van der Waals surface area contributed by atoms with Crippen LogP contribution in [-0.4, -0.2) is 6.15 Å². The van der Waals surface area contributed by atoms with E-state index in [4.69, 9.17) is 9.59 Å². The van der Waals surface area contributed by atoms with Gasteiger partial charge in [0, 0.05) is 48.9 Å². The summed E-state index contributed by atoms with van der Waals surface area (Å²) in [6.07, 6.45) is 0.250. The fourth-order valence-corrected chi connectivity index (χ4v) is 0. The second kappa shape index (κ2) is 9.04. The Kier molecular flexibility index (Phi) is 20.1. The molecule has 3 heteroatoms. The van der Waals surface area contributed by atoms with Gasteiger partial charge in [-0.15, -0.1) is 0 Å². The van der Waals surface area contributed by atoms with Crippen LogP contribution in [0.15, 0.2) is 0 Å². The first kappa shape index (κ1) is 8.88. The normalized spacial score (nSPS) is 2.00. The van der Waals surface area contributed by atoms with Gasteiger partial charge in [-0.05, 0) is 0 Å². The van der Waals surface area contributed by atoms with Gasteiger partial charge in [0.1, 0.15) is 0 Å². The van der Waals surface area contributed by atoms with E-state index in [-0.39, 0.29) is 55.0 Å². The monoisotopic (exact) mass is 176 g/mol. The Hall–Kier alpha value is 0.951. The predicted octanol–water partition coefficient (Wildman–Crippen LogP) is -0.584. The van der Waals surface area contributed by atoms with Crippen LogP contribution in [0.3, 0.4) is 0 Å². The van der Waals surface area contributed by atoms with Crippen LogP contribution in [0.25, 0.3) is 0 Å². The zero-order chi connectivity index (χ0) is 2.71. The van der Waals surface area contributed by atoms with Gasteiger partial charge in [0.25, 0.3) is 0 Å². The maximum Gasteiger partial charge on any atom is 0.373 e. The average molecular weight is 175 g/mol.